The van der Waals surface area contributed by atoms with Gasteiger partial charge in [-0.25, -0.2) is 8.78 Å². The molecule has 4 rings (SSSR count). The second-order valence-corrected chi connectivity index (χ2v) is 7.73. The molecule has 3 aromatic carbocycles. The molecule has 0 saturated carbocycles. The van der Waals surface area contributed by atoms with Gasteiger partial charge in [0.15, 0.2) is 16.5 Å². The number of nitrogens with zero attached hydrogens (tertiary/aromatic N) is 2. The van der Waals surface area contributed by atoms with Crippen LogP contribution in [0.5, 0.6) is 11.5 Å². The average molecular weight is 423 g/mol. The van der Waals surface area contributed by atoms with Gasteiger partial charge in [0.2, 0.25) is 0 Å². The van der Waals surface area contributed by atoms with E-state index in [1.54, 1.807) is 42.6 Å². The number of benzene rings is 3. The van der Waals surface area contributed by atoms with Crippen LogP contribution in [0.3, 0.4) is 0 Å². The Labute approximate surface area is 174 Å². The Morgan fingerprint density at radius 1 is 1.07 bits per heavy atom. The minimum atomic E-state index is -1.57. The second kappa shape index (κ2) is 8.16. The first kappa shape index (κ1) is 19.9. The molecule has 150 valence electrons. The number of nitriles is 1. The van der Waals surface area contributed by atoms with Crippen LogP contribution in [0.2, 0.25) is 0 Å². The molecule has 4 aromatic rings. The van der Waals surface area contributed by atoms with Crippen LogP contribution in [0.4, 0.5) is 8.78 Å². The van der Waals surface area contributed by atoms with E-state index in [-0.39, 0.29) is 23.6 Å². The molecular formula is C22H15F2N3O2S. The monoisotopic (exact) mass is 423 g/mol. The van der Waals surface area contributed by atoms with E-state index in [0.29, 0.717) is 21.4 Å². The first-order valence-electron chi connectivity index (χ1n) is 8.90. The fourth-order valence-corrected chi connectivity index (χ4v) is 4.27. The first-order chi connectivity index (χ1) is 14.5. The van der Waals surface area contributed by atoms with Crippen molar-refractivity contribution in [1.82, 2.24) is 3.97 Å². The van der Waals surface area contributed by atoms with Crippen molar-refractivity contribution < 1.29 is 18.1 Å². The molecule has 0 aliphatic carbocycles. The molecule has 0 radical (unpaired) electrons. The fourth-order valence-electron chi connectivity index (χ4n) is 3.15. The summed E-state index contributed by atoms with van der Waals surface area (Å²) in [5.41, 5.74) is 6.43. The number of hydrogen-bond donors (Lipinski definition) is 1. The molecule has 30 heavy (non-hydrogen) atoms. The number of hydrogen-bond acceptors (Lipinski definition) is 4. The Hall–Kier alpha value is -3.38. The molecule has 0 saturated heterocycles. The van der Waals surface area contributed by atoms with Crippen molar-refractivity contribution in [1.29, 1.82) is 5.26 Å². The molecule has 0 amide bonds. The number of ether oxygens (including phenoxy) is 1. The predicted molar refractivity (Wildman–Crippen MR) is 109 cm³/mol. The molecule has 5 nitrogen and oxygen atoms in total. The van der Waals surface area contributed by atoms with E-state index in [9.17, 15) is 8.94 Å². The van der Waals surface area contributed by atoms with Gasteiger partial charge in [-0.15, -0.1) is 0 Å². The molecule has 1 aromatic heterocycles. The summed E-state index contributed by atoms with van der Waals surface area (Å²) in [6, 6.07) is 17.0. The molecule has 1 atom stereocenters. The Morgan fingerprint density at radius 2 is 1.83 bits per heavy atom. The highest BCUT2D eigenvalue weighted by Crippen LogP contribution is 2.36. The SMILES string of the molecule is N#Cc1cc(Oc2c(F)cc3c(ccn3[S+]([O-])c3ccccc3)c2CN)ccc1F. The van der Waals surface area contributed by atoms with Gasteiger partial charge in [0, 0.05) is 29.6 Å². The van der Waals surface area contributed by atoms with E-state index in [4.69, 9.17) is 15.7 Å². The fraction of sp³-hybridized carbons (Fsp3) is 0.0455. The van der Waals surface area contributed by atoms with Crippen LogP contribution in [-0.2, 0) is 17.9 Å². The highest BCUT2D eigenvalue weighted by atomic mass is 32.2. The van der Waals surface area contributed by atoms with Gasteiger partial charge in [0.05, 0.1) is 11.8 Å². The van der Waals surface area contributed by atoms with Gasteiger partial charge < -0.3 is 15.0 Å². The highest BCUT2D eigenvalue weighted by Gasteiger charge is 2.22. The van der Waals surface area contributed by atoms with Crippen molar-refractivity contribution >= 4 is 22.3 Å². The van der Waals surface area contributed by atoms with Gasteiger partial charge in [0.25, 0.3) is 0 Å². The maximum Gasteiger partial charge on any atom is 0.180 e. The summed E-state index contributed by atoms with van der Waals surface area (Å²) >= 11 is -1.57. The van der Waals surface area contributed by atoms with Gasteiger partial charge >= 0.3 is 0 Å². The molecule has 1 unspecified atom stereocenters. The average Bonchev–Trinajstić information content (AvgIpc) is 3.18. The molecule has 2 N–H and O–H groups in total. The van der Waals surface area contributed by atoms with Crippen molar-refractivity contribution in [3.63, 3.8) is 0 Å². The third kappa shape index (κ3) is 3.50. The van der Waals surface area contributed by atoms with Crippen LogP contribution in [-0.4, -0.2) is 8.53 Å². The maximum absolute atomic E-state index is 15.0. The summed E-state index contributed by atoms with van der Waals surface area (Å²) in [7, 11) is 0. The third-order valence-corrected chi connectivity index (χ3v) is 5.93. The quantitative estimate of drug-likeness (QED) is 0.475. The van der Waals surface area contributed by atoms with Crippen LogP contribution in [0, 0.1) is 23.0 Å². The van der Waals surface area contributed by atoms with Crippen LogP contribution in [0.1, 0.15) is 11.1 Å². The number of fused-ring (bicyclic) bond motifs is 1. The molecule has 8 heteroatoms. The second-order valence-electron chi connectivity index (χ2n) is 6.36. The summed E-state index contributed by atoms with van der Waals surface area (Å²) in [4.78, 5) is 0.570. The lowest BCUT2D eigenvalue weighted by Gasteiger charge is -2.15. The Bertz CT molecular complexity index is 1270. The van der Waals surface area contributed by atoms with E-state index in [2.05, 4.69) is 0 Å². The smallest absolute Gasteiger partial charge is 0.180 e. The van der Waals surface area contributed by atoms with E-state index >= 15 is 4.39 Å². The van der Waals surface area contributed by atoms with Gasteiger partial charge in [0.1, 0.15) is 34.5 Å². The van der Waals surface area contributed by atoms with Crippen LogP contribution < -0.4 is 10.5 Å². The summed E-state index contributed by atoms with van der Waals surface area (Å²) < 4.78 is 48.6. The molecule has 1 heterocycles. The molecule has 0 aliphatic heterocycles. The van der Waals surface area contributed by atoms with Crippen LogP contribution in [0.25, 0.3) is 10.9 Å². The standard InChI is InChI=1S/C22H15F2N3O2S/c23-19-7-6-15(10-14(19)12-25)29-22-18(13-26)17-8-9-27(21(17)11-20(22)24)30(28)16-4-2-1-3-5-16/h1-11H,13,26H2. The minimum absolute atomic E-state index is 0.0438. The van der Waals surface area contributed by atoms with E-state index in [0.717, 1.165) is 6.07 Å². The molecule has 0 bridgehead atoms. The van der Waals surface area contributed by atoms with Gasteiger partial charge in [-0.3, -0.25) is 0 Å². The normalized spacial score (nSPS) is 12.0. The molecule has 0 spiro atoms. The van der Waals surface area contributed by atoms with Gasteiger partial charge in [-0.1, -0.05) is 18.2 Å². The summed E-state index contributed by atoms with van der Waals surface area (Å²) in [5, 5.41) is 9.57. The number of aromatic nitrogens is 1. The van der Waals surface area contributed by atoms with Gasteiger partial charge in [-0.05, 0) is 30.3 Å². The zero-order valence-electron chi connectivity index (χ0n) is 15.5. The summed E-state index contributed by atoms with van der Waals surface area (Å²) in [5.74, 6) is -1.42. The molecule has 0 aliphatic rings. The lowest BCUT2D eigenvalue weighted by molar-refractivity contribution is 0.436. The third-order valence-electron chi connectivity index (χ3n) is 4.58. The van der Waals surface area contributed by atoms with Crippen molar-refractivity contribution in [2.45, 2.75) is 11.4 Å². The summed E-state index contributed by atoms with van der Waals surface area (Å²) in [6.45, 7) is -0.0438. The van der Waals surface area contributed by atoms with Crippen molar-refractivity contribution in [2.24, 2.45) is 5.73 Å². The Balaban J connectivity index is 1.80. The van der Waals surface area contributed by atoms with Crippen LogP contribution >= 0.6 is 0 Å². The molecular weight excluding hydrogens is 408 g/mol. The van der Waals surface area contributed by atoms with Crippen molar-refractivity contribution in [3.05, 3.63) is 89.6 Å². The largest absolute Gasteiger partial charge is 0.587 e. The highest BCUT2D eigenvalue weighted by molar-refractivity contribution is 7.90. The maximum atomic E-state index is 15.0. The lowest BCUT2D eigenvalue weighted by atomic mass is 10.1. The zero-order valence-corrected chi connectivity index (χ0v) is 16.3. The molecule has 0 fully saturated rings. The minimum Gasteiger partial charge on any atom is -0.587 e. The first-order valence-corrected chi connectivity index (χ1v) is 10.0. The topological polar surface area (TPSA) is 87.0 Å². The van der Waals surface area contributed by atoms with Crippen LogP contribution in [0.15, 0.2) is 71.8 Å². The number of nitrogens with two attached hydrogens (primary N) is 1. The Morgan fingerprint density at radius 3 is 2.53 bits per heavy atom. The zero-order chi connectivity index (χ0) is 21.3. The number of halogens is 2. The summed E-state index contributed by atoms with van der Waals surface area (Å²) in [6.07, 6.45) is 1.60. The van der Waals surface area contributed by atoms with E-state index in [1.165, 1.54) is 22.2 Å². The van der Waals surface area contributed by atoms with E-state index in [1.807, 2.05) is 6.07 Å². The van der Waals surface area contributed by atoms with Crippen molar-refractivity contribution in [3.8, 4) is 17.6 Å². The predicted octanol–water partition coefficient (Wildman–Crippen LogP) is 4.61. The van der Waals surface area contributed by atoms with Gasteiger partial charge in [-0.2, -0.15) is 9.23 Å². The van der Waals surface area contributed by atoms with E-state index < -0.39 is 23.0 Å². The lowest BCUT2D eigenvalue weighted by Crippen LogP contribution is -2.12. The number of rotatable bonds is 5. The Kier molecular flexibility index (Phi) is 5.42. The van der Waals surface area contributed by atoms with Crippen molar-refractivity contribution in [2.75, 3.05) is 0 Å².